The molecule has 23 heavy (non-hydrogen) atoms. The lowest BCUT2D eigenvalue weighted by atomic mass is 10.3. The first kappa shape index (κ1) is 15.6. The lowest BCUT2D eigenvalue weighted by Gasteiger charge is -1.99. The third-order valence-electron chi connectivity index (χ3n) is 3.15. The highest BCUT2D eigenvalue weighted by atomic mass is 35.5. The van der Waals surface area contributed by atoms with Crippen molar-refractivity contribution in [2.45, 2.75) is 6.42 Å². The van der Waals surface area contributed by atoms with Crippen LogP contribution in [0.15, 0.2) is 47.3 Å². The summed E-state index contributed by atoms with van der Waals surface area (Å²) in [6.45, 7) is 0.469. The summed E-state index contributed by atoms with van der Waals surface area (Å²) >= 11 is 12.0. The van der Waals surface area contributed by atoms with Gasteiger partial charge in [-0.3, -0.25) is 4.79 Å². The molecule has 0 saturated carbocycles. The second-order valence-corrected chi connectivity index (χ2v) is 5.70. The molecule has 0 unspecified atom stereocenters. The molecular weight excluding hydrogens is 337 g/mol. The number of pyridine rings is 1. The standard InChI is InChI=1S/C16H13Cl2N3O2/c17-11-8-14(18)16-20-12(10-21(16)9-11)5-6-19-15(22)4-3-13-2-1-7-23-13/h1-4,7-10H,5-6H2,(H,19,22)/b4-3+. The van der Waals surface area contributed by atoms with Crippen LogP contribution in [0.1, 0.15) is 11.5 Å². The molecule has 3 aromatic heterocycles. The van der Waals surface area contributed by atoms with Gasteiger partial charge in [0, 0.05) is 31.4 Å². The summed E-state index contributed by atoms with van der Waals surface area (Å²) in [5.74, 6) is 0.443. The topological polar surface area (TPSA) is 59.5 Å². The molecule has 0 atom stereocenters. The SMILES string of the molecule is O=C(/C=C/c1ccco1)NCCc1cn2cc(Cl)cc(Cl)c2n1. The van der Waals surface area contributed by atoms with Crippen molar-refractivity contribution < 1.29 is 9.21 Å². The first-order valence-electron chi connectivity index (χ1n) is 6.94. The van der Waals surface area contributed by atoms with Crippen molar-refractivity contribution in [2.24, 2.45) is 0 Å². The number of fused-ring (bicyclic) bond motifs is 1. The van der Waals surface area contributed by atoms with Crippen LogP contribution < -0.4 is 5.32 Å². The van der Waals surface area contributed by atoms with E-state index in [1.807, 2.05) is 6.20 Å². The average Bonchev–Trinajstić information content (AvgIpc) is 3.14. The zero-order valence-electron chi connectivity index (χ0n) is 12.0. The predicted molar refractivity (Wildman–Crippen MR) is 89.7 cm³/mol. The monoisotopic (exact) mass is 349 g/mol. The summed E-state index contributed by atoms with van der Waals surface area (Å²) in [5.41, 5.74) is 1.47. The van der Waals surface area contributed by atoms with Crippen LogP contribution in [0.5, 0.6) is 0 Å². The third-order valence-corrected chi connectivity index (χ3v) is 3.63. The molecule has 7 heteroatoms. The lowest BCUT2D eigenvalue weighted by Crippen LogP contribution is -2.23. The van der Waals surface area contributed by atoms with Gasteiger partial charge in [0.1, 0.15) is 5.76 Å². The van der Waals surface area contributed by atoms with Crippen molar-refractivity contribution >= 4 is 40.8 Å². The smallest absolute Gasteiger partial charge is 0.244 e. The molecule has 3 aromatic rings. The molecular formula is C16H13Cl2N3O2. The highest BCUT2D eigenvalue weighted by Gasteiger charge is 2.07. The van der Waals surface area contributed by atoms with Crippen LogP contribution in [0, 0.1) is 0 Å². The van der Waals surface area contributed by atoms with Crippen LogP contribution >= 0.6 is 23.2 Å². The Balaban J connectivity index is 1.56. The minimum Gasteiger partial charge on any atom is -0.465 e. The molecule has 3 heterocycles. The summed E-state index contributed by atoms with van der Waals surface area (Å²) in [4.78, 5) is 16.1. The second-order valence-electron chi connectivity index (χ2n) is 4.86. The van der Waals surface area contributed by atoms with Gasteiger partial charge in [0.05, 0.1) is 22.0 Å². The Labute approximate surface area is 142 Å². The van der Waals surface area contributed by atoms with Crippen LogP contribution in [0.3, 0.4) is 0 Å². The molecule has 0 aromatic carbocycles. The predicted octanol–water partition coefficient (Wildman–Crippen LogP) is 3.61. The number of nitrogens with one attached hydrogen (secondary N) is 1. The Bertz CT molecular complexity index is 854. The van der Waals surface area contributed by atoms with Crippen LogP contribution in [-0.2, 0) is 11.2 Å². The van der Waals surface area contributed by atoms with E-state index in [0.717, 1.165) is 5.69 Å². The van der Waals surface area contributed by atoms with Gasteiger partial charge in [-0.05, 0) is 24.3 Å². The Morgan fingerprint density at radius 1 is 1.39 bits per heavy atom. The van der Waals surface area contributed by atoms with Crippen molar-refractivity contribution in [3.63, 3.8) is 0 Å². The molecule has 118 valence electrons. The molecule has 3 rings (SSSR count). The van der Waals surface area contributed by atoms with Crippen molar-refractivity contribution in [1.82, 2.24) is 14.7 Å². The maximum Gasteiger partial charge on any atom is 0.244 e. The number of carbonyl (C=O) groups excluding carboxylic acids is 1. The molecule has 1 amide bonds. The maximum atomic E-state index is 11.7. The zero-order valence-corrected chi connectivity index (χ0v) is 13.5. The molecule has 0 spiro atoms. The van der Waals surface area contributed by atoms with Gasteiger partial charge in [-0.2, -0.15) is 0 Å². The summed E-state index contributed by atoms with van der Waals surface area (Å²) in [6.07, 6.45) is 8.78. The van der Waals surface area contributed by atoms with Crippen LogP contribution in [0.4, 0.5) is 0 Å². The van der Waals surface area contributed by atoms with Crippen LogP contribution in [0.25, 0.3) is 11.7 Å². The maximum absolute atomic E-state index is 11.7. The summed E-state index contributed by atoms with van der Waals surface area (Å²) < 4.78 is 6.89. The van der Waals surface area contributed by atoms with Gasteiger partial charge in [-0.25, -0.2) is 4.98 Å². The number of imidazole rings is 1. The molecule has 0 aliphatic rings. The first-order chi connectivity index (χ1) is 11.1. The largest absolute Gasteiger partial charge is 0.465 e. The Hall–Kier alpha value is -2.24. The van der Waals surface area contributed by atoms with Crippen molar-refractivity contribution in [3.05, 3.63) is 64.4 Å². The number of halogens is 2. The fourth-order valence-electron chi connectivity index (χ4n) is 2.11. The summed E-state index contributed by atoms with van der Waals surface area (Å²) in [5, 5.41) is 3.83. The van der Waals surface area contributed by atoms with Gasteiger partial charge in [0.25, 0.3) is 0 Å². The number of carbonyl (C=O) groups is 1. The Morgan fingerprint density at radius 3 is 3.04 bits per heavy atom. The second kappa shape index (κ2) is 6.89. The van der Waals surface area contributed by atoms with Gasteiger partial charge >= 0.3 is 0 Å². The van der Waals surface area contributed by atoms with E-state index < -0.39 is 0 Å². The van der Waals surface area contributed by atoms with E-state index in [9.17, 15) is 4.79 Å². The van der Waals surface area contributed by atoms with E-state index in [4.69, 9.17) is 27.6 Å². The molecule has 0 fully saturated rings. The number of aromatic nitrogens is 2. The molecule has 5 nitrogen and oxygen atoms in total. The van der Waals surface area contributed by atoms with E-state index >= 15 is 0 Å². The van der Waals surface area contributed by atoms with Crippen molar-refractivity contribution in [2.75, 3.05) is 6.54 Å². The number of amides is 1. The van der Waals surface area contributed by atoms with Gasteiger partial charge < -0.3 is 14.1 Å². The minimum absolute atomic E-state index is 0.189. The van der Waals surface area contributed by atoms with E-state index in [1.165, 1.54) is 6.08 Å². The third kappa shape index (κ3) is 3.94. The average molecular weight is 350 g/mol. The summed E-state index contributed by atoms with van der Waals surface area (Å²) in [6, 6.07) is 5.18. The number of furan rings is 1. The highest BCUT2D eigenvalue weighted by molar-refractivity contribution is 6.36. The van der Waals surface area contributed by atoms with Crippen molar-refractivity contribution in [3.8, 4) is 0 Å². The van der Waals surface area contributed by atoms with Gasteiger partial charge in [0.15, 0.2) is 5.65 Å². The first-order valence-corrected chi connectivity index (χ1v) is 7.69. The van der Waals surface area contributed by atoms with Gasteiger partial charge in [0.2, 0.25) is 5.91 Å². The number of hydrogen-bond donors (Lipinski definition) is 1. The van der Waals surface area contributed by atoms with E-state index in [-0.39, 0.29) is 5.91 Å². The molecule has 0 saturated heterocycles. The molecule has 0 radical (unpaired) electrons. The normalized spacial score (nSPS) is 11.4. The summed E-state index contributed by atoms with van der Waals surface area (Å²) in [7, 11) is 0. The minimum atomic E-state index is -0.189. The van der Waals surface area contributed by atoms with Crippen LogP contribution in [-0.4, -0.2) is 21.8 Å². The Morgan fingerprint density at radius 2 is 2.26 bits per heavy atom. The van der Waals surface area contributed by atoms with E-state index in [1.54, 1.807) is 41.1 Å². The van der Waals surface area contributed by atoms with Gasteiger partial charge in [-0.15, -0.1) is 0 Å². The van der Waals surface area contributed by atoms with Crippen molar-refractivity contribution in [1.29, 1.82) is 0 Å². The van der Waals surface area contributed by atoms with E-state index in [0.29, 0.717) is 34.4 Å². The highest BCUT2D eigenvalue weighted by Crippen LogP contribution is 2.21. The fraction of sp³-hybridized carbons (Fsp3) is 0.125. The zero-order chi connectivity index (χ0) is 16.2. The molecule has 0 bridgehead atoms. The molecule has 0 aliphatic heterocycles. The molecule has 0 aliphatic carbocycles. The quantitative estimate of drug-likeness (QED) is 0.715. The van der Waals surface area contributed by atoms with E-state index in [2.05, 4.69) is 10.3 Å². The Kier molecular flexibility index (Phi) is 4.69. The number of nitrogens with zero attached hydrogens (tertiary/aromatic N) is 2. The fourth-order valence-corrected chi connectivity index (χ4v) is 2.64. The number of rotatable bonds is 5. The van der Waals surface area contributed by atoms with Gasteiger partial charge in [-0.1, -0.05) is 23.2 Å². The van der Waals surface area contributed by atoms with Crippen LogP contribution in [0.2, 0.25) is 10.0 Å². The molecule has 1 N–H and O–H groups in total. The lowest BCUT2D eigenvalue weighted by molar-refractivity contribution is -0.116. The number of hydrogen-bond acceptors (Lipinski definition) is 3.